The molecule has 4 heteroatoms. The molecule has 1 aromatic rings. The van der Waals surface area contributed by atoms with E-state index in [-0.39, 0.29) is 0 Å². The monoisotopic (exact) mass is 345 g/mol. The Bertz CT molecular complexity index is 553. The minimum Gasteiger partial charge on any atom is -0.496 e. The maximum atomic E-state index is 10.3. The highest BCUT2D eigenvalue weighted by Gasteiger charge is 2.50. The number of β-amino-alcohol motifs (C(OH)–C–C–N with tert-alkyl or cyclic N) is 1. The summed E-state index contributed by atoms with van der Waals surface area (Å²) < 4.78 is 11.1. The Hall–Kier alpha value is -1.10. The third-order valence-corrected chi connectivity index (χ3v) is 6.51. The summed E-state index contributed by atoms with van der Waals surface area (Å²) in [6.07, 6.45) is 7.83. The smallest absolute Gasteiger partial charge is 0.124 e. The topological polar surface area (TPSA) is 50.7 Å². The van der Waals surface area contributed by atoms with Gasteiger partial charge in [0.1, 0.15) is 5.75 Å². The fourth-order valence-electron chi connectivity index (χ4n) is 5.85. The third-order valence-electron chi connectivity index (χ3n) is 6.51. The summed E-state index contributed by atoms with van der Waals surface area (Å²) >= 11 is 0. The molecule has 4 saturated carbocycles. The summed E-state index contributed by atoms with van der Waals surface area (Å²) in [4.78, 5) is 0. The SMILES string of the molecule is COc1ccccc1COC[C@@H](O)CNC12CC3CC(CC(C3)C1)C2. The number of benzene rings is 1. The fraction of sp³-hybridized carbons (Fsp3) is 0.714. The quantitative estimate of drug-likeness (QED) is 0.760. The van der Waals surface area contributed by atoms with E-state index in [1.165, 1.54) is 38.5 Å². The highest BCUT2D eigenvalue weighted by atomic mass is 16.5. The highest BCUT2D eigenvalue weighted by molar-refractivity contribution is 5.32. The second-order valence-corrected chi connectivity index (χ2v) is 8.56. The van der Waals surface area contributed by atoms with E-state index in [2.05, 4.69) is 5.32 Å². The summed E-state index contributed by atoms with van der Waals surface area (Å²) in [6, 6.07) is 7.86. The molecule has 0 heterocycles. The van der Waals surface area contributed by atoms with E-state index in [1.54, 1.807) is 7.11 Å². The lowest BCUT2D eigenvalue weighted by molar-refractivity contribution is -0.0318. The molecular formula is C21H31NO3. The van der Waals surface area contributed by atoms with Crippen molar-refractivity contribution in [3.05, 3.63) is 29.8 Å². The minimum atomic E-state index is -0.456. The lowest BCUT2D eigenvalue weighted by atomic mass is 9.53. The molecule has 1 atom stereocenters. The third kappa shape index (κ3) is 3.86. The van der Waals surface area contributed by atoms with Crippen molar-refractivity contribution in [2.24, 2.45) is 17.8 Å². The number of aliphatic hydroxyl groups is 1. The molecule has 4 bridgehead atoms. The van der Waals surface area contributed by atoms with Gasteiger partial charge in [-0.2, -0.15) is 0 Å². The van der Waals surface area contributed by atoms with Crippen LogP contribution < -0.4 is 10.1 Å². The number of aliphatic hydroxyl groups excluding tert-OH is 1. The lowest BCUT2D eigenvalue weighted by Crippen LogP contribution is -2.59. The van der Waals surface area contributed by atoms with Crippen LogP contribution in [-0.2, 0) is 11.3 Å². The fourth-order valence-corrected chi connectivity index (χ4v) is 5.85. The average molecular weight is 345 g/mol. The molecule has 4 aliphatic carbocycles. The van der Waals surface area contributed by atoms with Gasteiger partial charge < -0.3 is 19.9 Å². The normalized spacial score (nSPS) is 34.2. The number of hydrogen-bond acceptors (Lipinski definition) is 4. The molecule has 25 heavy (non-hydrogen) atoms. The van der Waals surface area contributed by atoms with Crippen LogP contribution in [0, 0.1) is 17.8 Å². The first kappa shape index (κ1) is 17.3. The van der Waals surface area contributed by atoms with Crippen LogP contribution in [0.4, 0.5) is 0 Å². The summed E-state index contributed by atoms with van der Waals surface area (Å²) in [5.74, 6) is 3.62. The molecule has 2 N–H and O–H groups in total. The molecule has 4 aliphatic rings. The molecule has 0 unspecified atom stereocenters. The Kier molecular flexibility index (Phi) is 5.03. The average Bonchev–Trinajstić information content (AvgIpc) is 2.59. The van der Waals surface area contributed by atoms with Gasteiger partial charge in [-0.3, -0.25) is 0 Å². The molecule has 138 valence electrons. The zero-order chi connectivity index (χ0) is 17.3. The molecule has 0 saturated heterocycles. The molecule has 4 nitrogen and oxygen atoms in total. The summed E-state index contributed by atoms with van der Waals surface area (Å²) in [5, 5.41) is 14.1. The molecule has 0 amide bonds. The number of ether oxygens (including phenoxy) is 2. The van der Waals surface area contributed by atoms with Gasteiger partial charge in [0.15, 0.2) is 0 Å². The van der Waals surface area contributed by atoms with Crippen LogP contribution in [0.2, 0.25) is 0 Å². The van der Waals surface area contributed by atoms with Crippen molar-refractivity contribution in [3.63, 3.8) is 0 Å². The molecule has 0 spiro atoms. The van der Waals surface area contributed by atoms with Gasteiger partial charge in [0.25, 0.3) is 0 Å². The van der Waals surface area contributed by atoms with Crippen LogP contribution in [0.5, 0.6) is 5.75 Å². The van der Waals surface area contributed by atoms with E-state index in [1.807, 2.05) is 24.3 Å². The van der Waals surface area contributed by atoms with Gasteiger partial charge in [-0.25, -0.2) is 0 Å². The number of rotatable bonds is 8. The van der Waals surface area contributed by atoms with Gasteiger partial charge in [0.2, 0.25) is 0 Å². The van der Waals surface area contributed by atoms with Crippen LogP contribution in [0.1, 0.15) is 44.1 Å². The van der Waals surface area contributed by atoms with Gasteiger partial charge in [0, 0.05) is 17.6 Å². The number of hydrogen-bond donors (Lipinski definition) is 2. The Morgan fingerprint density at radius 1 is 1.12 bits per heavy atom. The molecule has 4 fully saturated rings. The summed E-state index contributed by atoms with van der Waals surface area (Å²) in [7, 11) is 1.67. The molecule has 5 rings (SSSR count). The van der Waals surface area contributed by atoms with Gasteiger partial charge in [0.05, 0.1) is 26.4 Å². The number of nitrogens with one attached hydrogen (secondary N) is 1. The maximum absolute atomic E-state index is 10.3. The van der Waals surface area contributed by atoms with Gasteiger partial charge in [-0.15, -0.1) is 0 Å². The Labute approximate surface area is 150 Å². The van der Waals surface area contributed by atoms with E-state index in [9.17, 15) is 5.11 Å². The molecule has 0 aromatic heterocycles. The van der Waals surface area contributed by atoms with Crippen LogP contribution in [0.3, 0.4) is 0 Å². The second kappa shape index (κ2) is 7.26. The van der Waals surface area contributed by atoms with Crippen molar-refractivity contribution >= 4 is 0 Å². The predicted molar refractivity (Wildman–Crippen MR) is 97.6 cm³/mol. The first-order chi connectivity index (χ1) is 12.2. The number of methoxy groups -OCH3 is 1. The largest absolute Gasteiger partial charge is 0.496 e. The molecule has 0 aliphatic heterocycles. The lowest BCUT2D eigenvalue weighted by Gasteiger charge is -2.57. The van der Waals surface area contributed by atoms with Crippen LogP contribution in [0.15, 0.2) is 24.3 Å². The van der Waals surface area contributed by atoms with Gasteiger partial charge in [-0.1, -0.05) is 18.2 Å². The van der Waals surface area contributed by atoms with Crippen LogP contribution >= 0.6 is 0 Å². The highest BCUT2D eigenvalue weighted by Crippen LogP contribution is 2.55. The van der Waals surface area contributed by atoms with E-state index in [0.717, 1.165) is 29.1 Å². The van der Waals surface area contributed by atoms with Crippen molar-refractivity contribution < 1.29 is 14.6 Å². The van der Waals surface area contributed by atoms with Gasteiger partial charge in [-0.05, 0) is 62.3 Å². The van der Waals surface area contributed by atoms with Crippen molar-refractivity contribution in [2.45, 2.75) is 56.8 Å². The summed E-state index contributed by atoms with van der Waals surface area (Å²) in [5.41, 5.74) is 1.32. The van der Waals surface area contributed by atoms with E-state index in [0.29, 0.717) is 25.3 Å². The zero-order valence-electron chi connectivity index (χ0n) is 15.2. The maximum Gasteiger partial charge on any atom is 0.124 e. The molecular weight excluding hydrogens is 314 g/mol. The number of para-hydroxylation sites is 1. The zero-order valence-corrected chi connectivity index (χ0v) is 15.2. The van der Waals surface area contributed by atoms with Crippen molar-refractivity contribution in [1.29, 1.82) is 0 Å². The van der Waals surface area contributed by atoms with E-state index < -0.39 is 6.10 Å². The minimum absolute atomic E-state index is 0.304. The molecule has 0 radical (unpaired) electrons. The first-order valence-corrected chi connectivity index (χ1v) is 9.78. The first-order valence-electron chi connectivity index (χ1n) is 9.78. The van der Waals surface area contributed by atoms with Crippen LogP contribution in [-0.4, -0.2) is 37.0 Å². The van der Waals surface area contributed by atoms with E-state index >= 15 is 0 Å². The molecule has 1 aromatic carbocycles. The van der Waals surface area contributed by atoms with Crippen molar-refractivity contribution in [2.75, 3.05) is 20.3 Å². The second-order valence-electron chi connectivity index (χ2n) is 8.56. The Morgan fingerprint density at radius 3 is 2.40 bits per heavy atom. The standard InChI is InChI=1S/C21H31NO3/c1-24-20-5-3-2-4-18(20)13-25-14-19(23)12-22-21-9-15-6-16(10-21)8-17(7-15)11-21/h2-5,15-17,19,22-23H,6-14H2,1H3/t15?,16?,17?,19-,21?/m0/s1. The van der Waals surface area contributed by atoms with Crippen molar-refractivity contribution in [3.8, 4) is 5.75 Å². The van der Waals surface area contributed by atoms with Crippen LogP contribution in [0.25, 0.3) is 0 Å². The van der Waals surface area contributed by atoms with Crippen molar-refractivity contribution in [1.82, 2.24) is 5.32 Å². The van der Waals surface area contributed by atoms with E-state index in [4.69, 9.17) is 9.47 Å². The Balaban J connectivity index is 1.23. The predicted octanol–water partition coefficient (Wildman–Crippen LogP) is 3.13. The Morgan fingerprint density at radius 2 is 1.76 bits per heavy atom. The summed E-state index contributed by atoms with van der Waals surface area (Å²) in [6.45, 7) is 1.47. The van der Waals surface area contributed by atoms with Gasteiger partial charge >= 0.3 is 0 Å².